The minimum Gasteiger partial charge on any atom is -0.756 e. The van der Waals surface area contributed by atoms with Crippen LogP contribution in [0.2, 0.25) is 0 Å². The van der Waals surface area contributed by atoms with Gasteiger partial charge in [-0.2, -0.15) is 0 Å². The van der Waals surface area contributed by atoms with Crippen molar-refractivity contribution in [3.05, 3.63) is 60.8 Å². The molecule has 62 heavy (non-hydrogen) atoms. The van der Waals surface area contributed by atoms with Gasteiger partial charge in [0, 0.05) is 12.8 Å². The molecule has 1 N–H and O–H groups in total. The fourth-order valence-corrected chi connectivity index (χ4v) is 7.52. The molecular weight excluding hydrogens is 796 g/mol. The SMILES string of the molecule is CC/C=C/C=C/C=C\CCCCCCCC(=O)NC(COP(=O)([O-])OCC[N+](C)(C)C)C(/C=C/CCCCCCCCCCCC)OC(=O)CCCCCCC/C=C\CCCC. The standard InChI is InChI=1S/C52H95N2O7P/c1-7-10-13-16-19-22-25-27-30-32-35-38-41-44-51(55)53-49(48-60-62(57,58)59-47-46-54(4,5)6)50(43-40-37-34-31-29-26-23-20-17-14-11-8-2)61-52(56)45-42-39-36-33-28-24-21-18-15-12-9-3/h10,13,16,18-19,21-22,25,40,43,49-50H,7-9,11-12,14-15,17,20,23-24,26-39,41-42,44-48H2,1-6H3,(H-,53,55,57,58)/b13-10+,19-16+,21-18-,25-22-,43-40+. The second-order valence-electron chi connectivity index (χ2n) is 18.0. The minimum atomic E-state index is -4.69. The van der Waals surface area contributed by atoms with Crippen molar-refractivity contribution < 1.29 is 37.3 Å². The Kier molecular flexibility index (Phi) is 41.1. The first-order chi connectivity index (χ1) is 29.9. The Morgan fingerprint density at radius 1 is 0.581 bits per heavy atom. The van der Waals surface area contributed by atoms with Crippen LogP contribution in [0.1, 0.15) is 207 Å². The second kappa shape index (κ2) is 42.6. The number of quaternary nitrogens is 1. The average molecular weight is 891 g/mol. The number of carbonyl (C=O) groups is 2. The Hall–Kier alpha value is -2.29. The van der Waals surface area contributed by atoms with Crippen LogP contribution >= 0.6 is 7.82 Å². The van der Waals surface area contributed by atoms with E-state index >= 15 is 0 Å². The number of amides is 1. The first-order valence-electron chi connectivity index (χ1n) is 25.1. The van der Waals surface area contributed by atoms with Crippen LogP contribution in [0.15, 0.2) is 60.8 Å². The van der Waals surface area contributed by atoms with Crippen molar-refractivity contribution in [1.82, 2.24) is 5.32 Å². The fraction of sp³-hybridized carbons (Fsp3) is 0.769. The maximum absolute atomic E-state index is 13.4. The summed E-state index contributed by atoms with van der Waals surface area (Å²) in [7, 11) is 1.16. The van der Waals surface area contributed by atoms with Gasteiger partial charge in [0.05, 0.1) is 33.8 Å². The topological polar surface area (TPSA) is 114 Å². The highest BCUT2D eigenvalue weighted by atomic mass is 31.2. The van der Waals surface area contributed by atoms with Crippen LogP contribution in [0.4, 0.5) is 0 Å². The van der Waals surface area contributed by atoms with Gasteiger partial charge in [-0.15, -0.1) is 0 Å². The summed E-state index contributed by atoms with van der Waals surface area (Å²) < 4.78 is 30.0. The number of phosphoric acid groups is 1. The van der Waals surface area contributed by atoms with Crippen molar-refractivity contribution in [2.75, 3.05) is 40.9 Å². The molecule has 0 fully saturated rings. The van der Waals surface area contributed by atoms with E-state index in [4.69, 9.17) is 13.8 Å². The first-order valence-corrected chi connectivity index (χ1v) is 26.6. The number of phosphoric ester groups is 1. The summed E-state index contributed by atoms with van der Waals surface area (Å²) in [6.07, 6.45) is 50.4. The van der Waals surface area contributed by atoms with Crippen LogP contribution < -0.4 is 10.2 Å². The molecule has 0 aromatic heterocycles. The third-order valence-electron chi connectivity index (χ3n) is 10.7. The molecule has 360 valence electrons. The number of carbonyl (C=O) groups excluding carboxylic acids is 2. The summed E-state index contributed by atoms with van der Waals surface area (Å²) >= 11 is 0. The van der Waals surface area contributed by atoms with E-state index in [0.717, 1.165) is 96.3 Å². The molecule has 0 saturated carbocycles. The molecule has 0 saturated heterocycles. The van der Waals surface area contributed by atoms with Crippen LogP contribution in [0.25, 0.3) is 0 Å². The molecule has 0 heterocycles. The van der Waals surface area contributed by atoms with Crippen LogP contribution in [0.3, 0.4) is 0 Å². The molecule has 0 aliphatic rings. The number of nitrogens with zero attached hydrogens (tertiary/aromatic N) is 1. The lowest BCUT2D eigenvalue weighted by Gasteiger charge is -2.30. The van der Waals surface area contributed by atoms with Crippen LogP contribution in [0.5, 0.6) is 0 Å². The number of esters is 1. The van der Waals surface area contributed by atoms with Gasteiger partial charge in [0.25, 0.3) is 7.82 Å². The van der Waals surface area contributed by atoms with Gasteiger partial charge in [-0.1, -0.05) is 185 Å². The number of rotatable bonds is 44. The molecule has 0 aromatic rings. The number of allylic oxidation sites excluding steroid dienone is 9. The number of hydrogen-bond donors (Lipinski definition) is 1. The van der Waals surface area contributed by atoms with Crippen LogP contribution in [-0.4, -0.2) is 69.4 Å². The largest absolute Gasteiger partial charge is 0.756 e. The highest BCUT2D eigenvalue weighted by Gasteiger charge is 2.27. The zero-order valence-corrected chi connectivity index (χ0v) is 41.7. The average Bonchev–Trinajstić information content (AvgIpc) is 3.22. The maximum atomic E-state index is 13.4. The lowest BCUT2D eigenvalue weighted by atomic mass is 10.0. The van der Waals surface area contributed by atoms with E-state index in [1.54, 1.807) is 0 Å². The Balaban J connectivity index is 5.51. The van der Waals surface area contributed by atoms with Crippen molar-refractivity contribution >= 4 is 19.7 Å². The molecule has 0 aliphatic heterocycles. The molecule has 9 nitrogen and oxygen atoms in total. The Bertz CT molecular complexity index is 1260. The lowest BCUT2D eigenvalue weighted by Crippen LogP contribution is -2.47. The number of ether oxygens (including phenoxy) is 1. The van der Waals surface area contributed by atoms with E-state index in [1.807, 2.05) is 39.4 Å². The van der Waals surface area contributed by atoms with Gasteiger partial charge in [-0.05, 0) is 70.3 Å². The summed E-state index contributed by atoms with van der Waals surface area (Å²) in [5.74, 6) is -0.582. The van der Waals surface area contributed by atoms with Crippen LogP contribution in [-0.2, 0) is 27.9 Å². The van der Waals surface area contributed by atoms with Gasteiger partial charge < -0.3 is 28.5 Å². The van der Waals surface area contributed by atoms with Gasteiger partial charge >= 0.3 is 5.97 Å². The molecule has 0 aliphatic carbocycles. The van der Waals surface area contributed by atoms with E-state index in [0.29, 0.717) is 30.3 Å². The third kappa shape index (κ3) is 43.0. The predicted octanol–water partition coefficient (Wildman–Crippen LogP) is 13.7. The molecule has 1 amide bonds. The van der Waals surface area contributed by atoms with E-state index < -0.39 is 26.6 Å². The van der Waals surface area contributed by atoms with E-state index in [1.165, 1.54) is 64.2 Å². The van der Waals surface area contributed by atoms with Crippen molar-refractivity contribution in [2.24, 2.45) is 0 Å². The normalized spacial score (nSPS) is 14.5. The summed E-state index contributed by atoms with van der Waals surface area (Å²) in [5, 5.41) is 2.99. The summed E-state index contributed by atoms with van der Waals surface area (Å²) in [4.78, 5) is 39.6. The number of hydrogen-bond acceptors (Lipinski definition) is 7. The highest BCUT2D eigenvalue weighted by molar-refractivity contribution is 7.45. The molecule has 0 radical (unpaired) electrons. The van der Waals surface area contributed by atoms with Crippen molar-refractivity contribution in [1.29, 1.82) is 0 Å². The molecule has 3 unspecified atom stereocenters. The minimum absolute atomic E-state index is 0.0296. The summed E-state index contributed by atoms with van der Waals surface area (Å²) in [5.41, 5.74) is 0. The smallest absolute Gasteiger partial charge is 0.306 e. The highest BCUT2D eigenvalue weighted by Crippen LogP contribution is 2.38. The van der Waals surface area contributed by atoms with Gasteiger partial charge in [-0.3, -0.25) is 14.2 Å². The predicted molar refractivity (Wildman–Crippen MR) is 261 cm³/mol. The van der Waals surface area contributed by atoms with Crippen molar-refractivity contribution in [2.45, 2.75) is 219 Å². The van der Waals surface area contributed by atoms with Gasteiger partial charge in [-0.25, -0.2) is 0 Å². The van der Waals surface area contributed by atoms with Crippen molar-refractivity contribution in [3.63, 3.8) is 0 Å². The number of likely N-dealkylation sites (N-methyl/N-ethyl adjacent to an activating group) is 1. The fourth-order valence-electron chi connectivity index (χ4n) is 6.79. The van der Waals surface area contributed by atoms with E-state index in [2.05, 4.69) is 68.6 Å². The second-order valence-corrected chi connectivity index (χ2v) is 19.4. The Morgan fingerprint density at radius 2 is 1.06 bits per heavy atom. The molecule has 0 aromatic carbocycles. The zero-order valence-electron chi connectivity index (χ0n) is 40.8. The lowest BCUT2D eigenvalue weighted by molar-refractivity contribution is -0.870. The van der Waals surface area contributed by atoms with Gasteiger partial charge in [0.1, 0.15) is 19.3 Å². The monoisotopic (exact) mass is 891 g/mol. The summed E-state index contributed by atoms with van der Waals surface area (Å²) in [6.45, 7) is 6.62. The molecular formula is C52H95N2O7P. The van der Waals surface area contributed by atoms with Gasteiger partial charge in [0.15, 0.2) is 0 Å². The Morgan fingerprint density at radius 3 is 1.63 bits per heavy atom. The first kappa shape index (κ1) is 59.7. The molecule has 0 rings (SSSR count). The van der Waals surface area contributed by atoms with Gasteiger partial charge in [0.2, 0.25) is 5.91 Å². The van der Waals surface area contributed by atoms with Crippen molar-refractivity contribution in [3.8, 4) is 0 Å². The zero-order chi connectivity index (χ0) is 45.8. The third-order valence-corrected chi connectivity index (χ3v) is 11.7. The Labute approximate surface area is 381 Å². The number of unbranched alkanes of at least 4 members (excludes halogenated alkanes) is 22. The molecule has 0 spiro atoms. The maximum Gasteiger partial charge on any atom is 0.306 e. The molecule has 0 bridgehead atoms. The van der Waals surface area contributed by atoms with E-state index in [-0.39, 0.29) is 24.9 Å². The molecule has 3 atom stereocenters. The quantitative estimate of drug-likeness (QED) is 0.0162. The summed E-state index contributed by atoms with van der Waals surface area (Å²) in [6, 6.07) is -0.900. The number of nitrogens with one attached hydrogen (secondary N) is 1. The van der Waals surface area contributed by atoms with E-state index in [9.17, 15) is 19.0 Å². The molecule has 10 heteroatoms. The van der Waals surface area contributed by atoms with Crippen LogP contribution in [0, 0.1) is 0 Å².